The summed E-state index contributed by atoms with van der Waals surface area (Å²) in [4.78, 5) is 5.37. The molecule has 1 aliphatic carbocycles. The molecular formula is C16H33N3. The molecule has 0 spiro atoms. The Balaban J connectivity index is 2.09. The minimum absolute atomic E-state index is 0.676. The summed E-state index contributed by atoms with van der Waals surface area (Å²) >= 11 is 0. The molecule has 1 heterocycles. The van der Waals surface area contributed by atoms with Crippen molar-refractivity contribution in [1.82, 2.24) is 9.80 Å². The predicted octanol–water partition coefficient (Wildman–Crippen LogP) is 2.45. The van der Waals surface area contributed by atoms with Crippen LogP contribution in [0.5, 0.6) is 0 Å². The first-order valence-corrected chi connectivity index (χ1v) is 8.38. The van der Waals surface area contributed by atoms with Gasteiger partial charge in [0.05, 0.1) is 0 Å². The molecule has 112 valence electrons. The molecule has 1 saturated heterocycles. The summed E-state index contributed by atoms with van der Waals surface area (Å²) in [7, 11) is 2.27. The second kappa shape index (κ2) is 7.61. The Bertz CT molecular complexity index is 248. The number of hydrogen-bond acceptors (Lipinski definition) is 3. The van der Waals surface area contributed by atoms with Crippen molar-refractivity contribution in [3.63, 3.8) is 0 Å². The lowest BCUT2D eigenvalue weighted by atomic mass is 9.99. The van der Waals surface area contributed by atoms with E-state index in [1.807, 2.05) is 0 Å². The molecule has 0 aromatic rings. The normalized spacial score (nSPS) is 33.0. The fourth-order valence-corrected chi connectivity index (χ4v) is 4.11. The number of nitrogens with zero attached hydrogens (tertiary/aromatic N) is 2. The molecular weight excluding hydrogens is 234 g/mol. The van der Waals surface area contributed by atoms with Gasteiger partial charge >= 0.3 is 0 Å². The van der Waals surface area contributed by atoms with Gasteiger partial charge < -0.3 is 10.6 Å². The zero-order valence-electron chi connectivity index (χ0n) is 13.0. The van der Waals surface area contributed by atoms with Gasteiger partial charge in [0.15, 0.2) is 0 Å². The number of likely N-dealkylation sites (N-methyl/N-ethyl adjacent to an activating group) is 1. The molecule has 3 nitrogen and oxygen atoms in total. The van der Waals surface area contributed by atoms with E-state index >= 15 is 0 Å². The Morgan fingerprint density at radius 2 is 1.74 bits per heavy atom. The molecule has 2 aliphatic rings. The Morgan fingerprint density at radius 1 is 1.05 bits per heavy atom. The van der Waals surface area contributed by atoms with Crippen LogP contribution in [-0.2, 0) is 0 Å². The van der Waals surface area contributed by atoms with Gasteiger partial charge in [-0.25, -0.2) is 0 Å². The molecule has 0 bridgehead atoms. The van der Waals surface area contributed by atoms with Gasteiger partial charge in [-0.1, -0.05) is 25.7 Å². The van der Waals surface area contributed by atoms with Crippen LogP contribution in [0.15, 0.2) is 0 Å². The van der Waals surface area contributed by atoms with Gasteiger partial charge in [-0.05, 0) is 52.7 Å². The number of hydrogen-bond donors (Lipinski definition) is 1. The van der Waals surface area contributed by atoms with Crippen molar-refractivity contribution in [2.45, 2.75) is 76.4 Å². The zero-order chi connectivity index (χ0) is 13.7. The van der Waals surface area contributed by atoms with Crippen molar-refractivity contribution in [1.29, 1.82) is 0 Å². The standard InChI is InChI=1S/C16H33N3/c1-14-10-12-18(2)13-16(9-11-17)19(14)15-7-5-3-4-6-8-15/h14-16H,3-13,17H2,1-2H3. The maximum Gasteiger partial charge on any atom is 0.0240 e. The van der Waals surface area contributed by atoms with E-state index in [2.05, 4.69) is 23.8 Å². The van der Waals surface area contributed by atoms with E-state index in [4.69, 9.17) is 5.73 Å². The third kappa shape index (κ3) is 4.17. The van der Waals surface area contributed by atoms with Gasteiger partial charge in [-0.15, -0.1) is 0 Å². The van der Waals surface area contributed by atoms with Crippen molar-refractivity contribution < 1.29 is 0 Å². The van der Waals surface area contributed by atoms with Gasteiger partial charge in [0.1, 0.15) is 0 Å². The van der Waals surface area contributed by atoms with Crippen LogP contribution in [0, 0.1) is 0 Å². The fraction of sp³-hybridized carbons (Fsp3) is 1.00. The third-order valence-electron chi connectivity index (χ3n) is 5.13. The lowest BCUT2D eigenvalue weighted by Gasteiger charge is -2.41. The van der Waals surface area contributed by atoms with Gasteiger partial charge in [0.25, 0.3) is 0 Å². The Hall–Kier alpha value is -0.120. The van der Waals surface area contributed by atoms with Crippen LogP contribution in [-0.4, -0.2) is 54.6 Å². The van der Waals surface area contributed by atoms with Crippen LogP contribution >= 0.6 is 0 Å². The van der Waals surface area contributed by atoms with Crippen molar-refractivity contribution in [2.75, 3.05) is 26.7 Å². The largest absolute Gasteiger partial charge is 0.330 e. The second-order valence-electron chi connectivity index (χ2n) is 6.72. The van der Waals surface area contributed by atoms with E-state index < -0.39 is 0 Å². The molecule has 0 radical (unpaired) electrons. The summed E-state index contributed by atoms with van der Waals surface area (Å²) in [5.41, 5.74) is 5.88. The Kier molecular flexibility index (Phi) is 6.11. The molecule has 2 unspecified atom stereocenters. The molecule has 2 fully saturated rings. The summed E-state index contributed by atoms with van der Waals surface area (Å²) in [6.07, 6.45) is 11.0. The molecule has 1 aliphatic heterocycles. The summed E-state index contributed by atoms with van der Waals surface area (Å²) in [6.45, 7) is 5.71. The summed E-state index contributed by atoms with van der Waals surface area (Å²) in [5, 5.41) is 0. The van der Waals surface area contributed by atoms with Crippen molar-refractivity contribution in [2.24, 2.45) is 5.73 Å². The summed E-state index contributed by atoms with van der Waals surface area (Å²) in [5.74, 6) is 0. The van der Waals surface area contributed by atoms with Crippen molar-refractivity contribution in [3.8, 4) is 0 Å². The number of rotatable bonds is 3. The van der Waals surface area contributed by atoms with Crippen molar-refractivity contribution in [3.05, 3.63) is 0 Å². The average molecular weight is 267 g/mol. The maximum absolute atomic E-state index is 5.88. The molecule has 2 atom stereocenters. The molecule has 0 aromatic heterocycles. The first-order chi connectivity index (χ1) is 9.22. The van der Waals surface area contributed by atoms with Gasteiger partial charge in [0.2, 0.25) is 0 Å². The molecule has 1 saturated carbocycles. The van der Waals surface area contributed by atoms with E-state index in [0.717, 1.165) is 25.0 Å². The van der Waals surface area contributed by atoms with Crippen molar-refractivity contribution >= 4 is 0 Å². The third-order valence-corrected chi connectivity index (χ3v) is 5.13. The smallest absolute Gasteiger partial charge is 0.0240 e. The highest BCUT2D eigenvalue weighted by atomic mass is 15.3. The van der Waals surface area contributed by atoms with Gasteiger partial charge in [0, 0.05) is 24.7 Å². The molecule has 0 amide bonds. The van der Waals surface area contributed by atoms with E-state index in [1.54, 1.807) is 0 Å². The molecule has 0 aromatic carbocycles. The first-order valence-electron chi connectivity index (χ1n) is 8.38. The van der Waals surface area contributed by atoms with Crippen LogP contribution in [0.1, 0.15) is 58.3 Å². The maximum atomic E-state index is 5.88. The minimum atomic E-state index is 0.676. The Morgan fingerprint density at radius 3 is 2.37 bits per heavy atom. The number of nitrogens with two attached hydrogens (primary N) is 1. The van der Waals surface area contributed by atoms with E-state index in [9.17, 15) is 0 Å². The fourth-order valence-electron chi connectivity index (χ4n) is 4.11. The lowest BCUT2D eigenvalue weighted by molar-refractivity contribution is 0.0752. The minimum Gasteiger partial charge on any atom is -0.330 e. The van der Waals surface area contributed by atoms with E-state index in [1.165, 1.54) is 58.0 Å². The molecule has 3 heteroatoms. The highest BCUT2D eigenvalue weighted by Gasteiger charge is 2.33. The quantitative estimate of drug-likeness (QED) is 0.797. The van der Waals surface area contributed by atoms with Gasteiger partial charge in [-0.2, -0.15) is 0 Å². The van der Waals surface area contributed by atoms with Crippen LogP contribution in [0.3, 0.4) is 0 Å². The highest BCUT2D eigenvalue weighted by molar-refractivity contribution is 4.89. The summed E-state index contributed by atoms with van der Waals surface area (Å²) in [6, 6.07) is 2.22. The SMILES string of the molecule is CC1CCN(C)CC(CCN)N1C1CCCCCC1. The predicted molar refractivity (Wildman–Crippen MR) is 82.4 cm³/mol. The topological polar surface area (TPSA) is 32.5 Å². The van der Waals surface area contributed by atoms with Crippen LogP contribution < -0.4 is 5.73 Å². The summed E-state index contributed by atoms with van der Waals surface area (Å²) < 4.78 is 0. The average Bonchev–Trinajstić information content (AvgIpc) is 2.71. The second-order valence-corrected chi connectivity index (χ2v) is 6.72. The van der Waals surface area contributed by atoms with Crippen LogP contribution in [0.25, 0.3) is 0 Å². The molecule has 19 heavy (non-hydrogen) atoms. The lowest BCUT2D eigenvalue weighted by Crippen LogP contribution is -2.50. The van der Waals surface area contributed by atoms with Crippen LogP contribution in [0.4, 0.5) is 0 Å². The van der Waals surface area contributed by atoms with E-state index in [-0.39, 0.29) is 0 Å². The highest BCUT2D eigenvalue weighted by Crippen LogP contribution is 2.28. The monoisotopic (exact) mass is 267 g/mol. The van der Waals surface area contributed by atoms with Crippen LogP contribution in [0.2, 0.25) is 0 Å². The first kappa shape index (κ1) is 15.3. The Labute approximate surface area is 119 Å². The van der Waals surface area contributed by atoms with E-state index in [0.29, 0.717) is 6.04 Å². The molecule has 2 N–H and O–H groups in total. The molecule has 2 rings (SSSR count). The zero-order valence-corrected chi connectivity index (χ0v) is 13.0. The van der Waals surface area contributed by atoms with Gasteiger partial charge in [-0.3, -0.25) is 4.90 Å².